The monoisotopic (exact) mass is 323 g/mol. The number of nitrogens with zero attached hydrogens (tertiary/aromatic N) is 1. The van der Waals surface area contributed by atoms with Crippen LogP contribution in [0.3, 0.4) is 0 Å². The van der Waals surface area contributed by atoms with Gasteiger partial charge < -0.3 is 9.64 Å². The van der Waals surface area contributed by atoms with Crippen LogP contribution in [0.25, 0.3) is 16.8 Å². The molecule has 3 nitrogen and oxygen atoms in total. The Labute approximate surface area is 143 Å². The summed E-state index contributed by atoms with van der Waals surface area (Å²) in [6.45, 7) is 6.51. The number of rotatable bonds is 4. The third kappa shape index (κ3) is 4.38. The van der Waals surface area contributed by atoms with Gasteiger partial charge in [0.2, 0.25) is 0 Å². The van der Waals surface area contributed by atoms with E-state index in [0.717, 1.165) is 19.4 Å². The Balaban J connectivity index is 1.46. The Morgan fingerprint density at radius 1 is 1.21 bits per heavy atom. The van der Waals surface area contributed by atoms with Crippen molar-refractivity contribution in [1.82, 2.24) is 4.90 Å². The molecule has 1 fully saturated rings. The number of carbonyl (C=O) groups excluding carboxylic acids is 1. The molecule has 0 aromatic heterocycles. The molecule has 1 atom stereocenters. The molecule has 0 spiro atoms. The lowest BCUT2D eigenvalue weighted by atomic mass is 10.1. The van der Waals surface area contributed by atoms with Gasteiger partial charge in [-0.25, -0.2) is 4.79 Å². The molecule has 2 aromatic rings. The van der Waals surface area contributed by atoms with E-state index in [1.807, 2.05) is 20.8 Å². The van der Waals surface area contributed by atoms with Gasteiger partial charge in [0.1, 0.15) is 5.60 Å². The minimum atomic E-state index is -0.416. The highest BCUT2D eigenvalue weighted by Gasteiger charge is 2.40. The number of amides is 1. The smallest absolute Gasteiger partial charge is 0.410 e. The minimum Gasteiger partial charge on any atom is -0.444 e. The molecule has 0 unspecified atom stereocenters. The number of hydrogen-bond acceptors (Lipinski definition) is 2. The van der Waals surface area contributed by atoms with Gasteiger partial charge in [0, 0.05) is 6.54 Å². The highest BCUT2D eigenvalue weighted by Crippen LogP contribution is 2.25. The quantitative estimate of drug-likeness (QED) is 0.719. The van der Waals surface area contributed by atoms with Crippen LogP contribution in [0.5, 0.6) is 0 Å². The fraction of sp³-hybridized carbons (Fsp3) is 0.381. The lowest BCUT2D eigenvalue weighted by Crippen LogP contribution is -2.27. The zero-order chi connectivity index (χ0) is 17.2. The molecule has 24 heavy (non-hydrogen) atoms. The van der Waals surface area contributed by atoms with Crippen LogP contribution in [0.2, 0.25) is 0 Å². The molecule has 2 aromatic carbocycles. The van der Waals surface area contributed by atoms with E-state index in [9.17, 15) is 4.79 Å². The van der Waals surface area contributed by atoms with Gasteiger partial charge >= 0.3 is 6.09 Å². The van der Waals surface area contributed by atoms with E-state index in [2.05, 4.69) is 54.6 Å². The molecule has 0 aliphatic carbocycles. The topological polar surface area (TPSA) is 29.3 Å². The molecule has 1 amide bonds. The Bertz CT molecular complexity index is 758. The summed E-state index contributed by atoms with van der Waals surface area (Å²) in [5.41, 5.74) is 0.800. The molecule has 3 heteroatoms. The van der Waals surface area contributed by atoms with Crippen LogP contribution in [-0.4, -0.2) is 29.2 Å². The first kappa shape index (κ1) is 16.6. The standard InChI is InChI=1S/C21H25NO2/c1-21(2,3)24-20(23)22-15-19(22)11-7-4-8-16-12-13-17-9-5-6-10-18(17)14-16/h4-6,8-10,12-14,19H,7,11,15H2,1-3H3/b8-4+/t19-,22?/m0/s1. The molecule has 0 saturated carbocycles. The van der Waals surface area contributed by atoms with Gasteiger partial charge in [-0.05, 0) is 56.0 Å². The Hall–Kier alpha value is -2.29. The van der Waals surface area contributed by atoms with Crippen molar-refractivity contribution in [1.29, 1.82) is 0 Å². The number of allylic oxidation sites excluding steroid dienone is 1. The second-order valence-corrected chi connectivity index (χ2v) is 7.37. The van der Waals surface area contributed by atoms with Crippen molar-refractivity contribution in [3.05, 3.63) is 54.1 Å². The summed E-state index contributed by atoms with van der Waals surface area (Å²) in [6, 6.07) is 15.2. The number of benzene rings is 2. The van der Waals surface area contributed by atoms with E-state index >= 15 is 0 Å². The van der Waals surface area contributed by atoms with E-state index in [-0.39, 0.29) is 6.09 Å². The number of ether oxygens (including phenoxy) is 1. The third-order valence-electron chi connectivity index (χ3n) is 4.09. The summed E-state index contributed by atoms with van der Waals surface area (Å²) in [6.07, 6.45) is 6.12. The molecule has 3 rings (SSSR count). The third-order valence-corrected chi connectivity index (χ3v) is 4.09. The molecule has 1 heterocycles. The Morgan fingerprint density at radius 2 is 1.96 bits per heavy atom. The van der Waals surface area contributed by atoms with E-state index in [1.165, 1.54) is 16.3 Å². The SMILES string of the molecule is CC(C)(C)OC(=O)N1C[C@@H]1CC/C=C/c1ccc2ccccc2c1. The second kappa shape index (κ2) is 6.68. The zero-order valence-electron chi connectivity index (χ0n) is 14.7. The summed E-state index contributed by atoms with van der Waals surface area (Å²) in [7, 11) is 0. The minimum absolute atomic E-state index is 0.189. The van der Waals surface area contributed by atoms with Crippen molar-refractivity contribution in [2.75, 3.05) is 6.54 Å². The van der Waals surface area contributed by atoms with Gasteiger partial charge in [0.15, 0.2) is 0 Å². The summed E-state index contributed by atoms with van der Waals surface area (Å²) in [5, 5.41) is 2.53. The van der Waals surface area contributed by atoms with Crippen LogP contribution in [0, 0.1) is 0 Å². The summed E-state index contributed by atoms with van der Waals surface area (Å²) in [4.78, 5) is 13.7. The highest BCUT2D eigenvalue weighted by molar-refractivity contribution is 5.84. The predicted molar refractivity (Wildman–Crippen MR) is 98.9 cm³/mol. The zero-order valence-corrected chi connectivity index (χ0v) is 14.7. The molecular weight excluding hydrogens is 298 g/mol. The van der Waals surface area contributed by atoms with E-state index in [4.69, 9.17) is 4.74 Å². The van der Waals surface area contributed by atoms with Gasteiger partial charge in [-0.2, -0.15) is 0 Å². The van der Waals surface area contributed by atoms with Crippen LogP contribution >= 0.6 is 0 Å². The number of fused-ring (bicyclic) bond motifs is 1. The number of hydrogen-bond donors (Lipinski definition) is 0. The maximum atomic E-state index is 11.9. The number of carbonyl (C=O) groups is 1. The average molecular weight is 323 g/mol. The van der Waals surface area contributed by atoms with Crippen molar-refractivity contribution < 1.29 is 9.53 Å². The van der Waals surface area contributed by atoms with Crippen molar-refractivity contribution >= 4 is 22.9 Å². The first-order valence-corrected chi connectivity index (χ1v) is 8.57. The van der Waals surface area contributed by atoms with Gasteiger partial charge in [-0.15, -0.1) is 0 Å². The van der Waals surface area contributed by atoms with Gasteiger partial charge in [-0.3, -0.25) is 0 Å². The van der Waals surface area contributed by atoms with Crippen molar-refractivity contribution in [2.45, 2.75) is 45.3 Å². The van der Waals surface area contributed by atoms with E-state index in [1.54, 1.807) is 4.90 Å². The normalized spacial score (nSPS) is 17.5. The van der Waals surface area contributed by atoms with Crippen molar-refractivity contribution in [2.24, 2.45) is 0 Å². The summed E-state index contributed by atoms with van der Waals surface area (Å²) in [5.74, 6) is 0. The molecule has 1 aliphatic heterocycles. The van der Waals surface area contributed by atoms with E-state index < -0.39 is 5.60 Å². The lowest BCUT2D eigenvalue weighted by molar-refractivity contribution is 0.0406. The average Bonchev–Trinajstić information content (AvgIpc) is 3.29. The molecule has 0 radical (unpaired) electrons. The van der Waals surface area contributed by atoms with Crippen molar-refractivity contribution in [3.63, 3.8) is 0 Å². The first-order chi connectivity index (χ1) is 11.4. The maximum absolute atomic E-state index is 11.9. The first-order valence-electron chi connectivity index (χ1n) is 8.57. The summed E-state index contributed by atoms with van der Waals surface area (Å²) < 4.78 is 5.38. The maximum Gasteiger partial charge on any atom is 0.410 e. The van der Waals surface area contributed by atoms with Crippen LogP contribution < -0.4 is 0 Å². The predicted octanol–water partition coefficient (Wildman–Crippen LogP) is 5.25. The molecule has 0 N–H and O–H groups in total. The van der Waals surface area contributed by atoms with Gasteiger partial charge in [0.05, 0.1) is 6.04 Å². The lowest BCUT2D eigenvalue weighted by Gasteiger charge is -2.19. The fourth-order valence-corrected chi connectivity index (χ4v) is 2.79. The van der Waals surface area contributed by atoms with Gasteiger partial charge in [0.25, 0.3) is 0 Å². The highest BCUT2D eigenvalue weighted by atomic mass is 16.6. The Kier molecular flexibility index (Phi) is 4.61. The molecule has 0 bridgehead atoms. The second-order valence-electron chi connectivity index (χ2n) is 7.37. The summed E-state index contributed by atoms with van der Waals surface area (Å²) >= 11 is 0. The van der Waals surface area contributed by atoms with Gasteiger partial charge in [-0.1, -0.05) is 48.6 Å². The van der Waals surface area contributed by atoms with Crippen LogP contribution in [0.4, 0.5) is 4.79 Å². The molecule has 126 valence electrons. The molecule has 1 saturated heterocycles. The largest absolute Gasteiger partial charge is 0.444 e. The van der Waals surface area contributed by atoms with Crippen LogP contribution in [0.15, 0.2) is 48.5 Å². The molecule has 1 aliphatic rings. The van der Waals surface area contributed by atoms with Crippen LogP contribution in [0.1, 0.15) is 39.2 Å². The van der Waals surface area contributed by atoms with E-state index in [0.29, 0.717) is 6.04 Å². The Morgan fingerprint density at radius 3 is 2.71 bits per heavy atom. The fourth-order valence-electron chi connectivity index (χ4n) is 2.79. The van der Waals surface area contributed by atoms with Crippen molar-refractivity contribution in [3.8, 4) is 0 Å². The van der Waals surface area contributed by atoms with Crippen LogP contribution in [-0.2, 0) is 4.74 Å². The molecular formula is C21H25NO2.